The highest BCUT2D eigenvalue weighted by atomic mass is 13.9. The highest BCUT2D eigenvalue weighted by Crippen LogP contribution is 1.99. The normalized spacial score (nSPS) is 8.50. The van der Waals surface area contributed by atoms with E-state index in [0.717, 1.165) is 25.7 Å². The third-order valence-corrected chi connectivity index (χ3v) is 2.13. The first-order chi connectivity index (χ1) is 7.83. The van der Waals surface area contributed by atoms with E-state index in [0.29, 0.717) is 0 Å². The van der Waals surface area contributed by atoms with E-state index in [-0.39, 0.29) is 0 Å². The van der Waals surface area contributed by atoms with Crippen LogP contribution in [0.4, 0.5) is 0 Å². The van der Waals surface area contributed by atoms with Crippen molar-refractivity contribution < 1.29 is 0 Å². The van der Waals surface area contributed by atoms with Crippen LogP contribution in [0.2, 0.25) is 0 Å². The van der Waals surface area contributed by atoms with Gasteiger partial charge in [0.25, 0.3) is 0 Å². The molecule has 0 amide bonds. The molecule has 0 bridgehead atoms. The fraction of sp³-hybridized carbons (Fsp3) is 0.500. The van der Waals surface area contributed by atoms with E-state index in [4.69, 9.17) is 0 Å². The molecule has 0 atom stereocenters. The van der Waals surface area contributed by atoms with Crippen LogP contribution in [0.25, 0.3) is 0 Å². The van der Waals surface area contributed by atoms with Gasteiger partial charge in [-0.25, -0.2) is 0 Å². The van der Waals surface area contributed by atoms with Crippen molar-refractivity contribution in [2.75, 3.05) is 0 Å². The van der Waals surface area contributed by atoms with Gasteiger partial charge in [0, 0.05) is 0 Å². The number of unbranched alkanes of at least 4 members (excludes halogenated alkanes) is 6. The molecule has 0 aromatic rings. The van der Waals surface area contributed by atoms with Gasteiger partial charge in [-0.05, 0) is 51.4 Å². The van der Waals surface area contributed by atoms with Gasteiger partial charge in [-0.2, -0.15) is 0 Å². The summed E-state index contributed by atoms with van der Waals surface area (Å²) in [5.74, 6) is 0. The van der Waals surface area contributed by atoms with Gasteiger partial charge in [0.05, 0.1) is 0 Å². The Hall–Kier alpha value is -1.04. The first kappa shape index (κ1) is 17.4. The maximum absolute atomic E-state index is 3.63. The van der Waals surface area contributed by atoms with Gasteiger partial charge in [0.1, 0.15) is 0 Å². The van der Waals surface area contributed by atoms with Crippen molar-refractivity contribution >= 4 is 0 Å². The minimum Gasteiger partial charge on any atom is -0.103 e. The number of rotatable bonds is 10. The van der Waals surface area contributed by atoms with E-state index in [2.05, 4.69) is 26.3 Å². The maximum Gasteiger partial charge on any atom is -0.0353 e. The minimum atomic E-state index is 1.15. The second kappa shape index (κ2) is 19.5. The molecule has 0 N–H and O–H groups in total. The van der Waals surface area contributed by atoms with Gasteiger partial charge in [-0.15, -0.1) is 26.3 Å². The zero-order valence-corrected chi connectivity index (χ0v) is 10.8. The van der Waals surface area contributed by atoms with Crippen LogP contribution in [-0.4, -0.2) is 0 Å². The predicted molar refractivity (Wildman–Crippen MR) is 77.7 cm³/mol. The first-order valence-corrected chi connectivity index (χ1v) is 6.27. The molecule has 0 heteroatoms. The minimum absolute atomic E-state index is 1.15. The molecule has 0 aliphatic carbocycles. The number of hydrogen-bond donors (Lipinski definition) is 0. The Kier molecular flexibility index (Phi) is 21.2. The Morgan fingerprint density at radius 2 is 0.625 bits per heavy atom. The summed E-state index contributed by atoms with van der Waals surface area (Å²) < 4.78 is 0. The van der Waals surface area contributed by atoms with Crippen molar-refractivity contribution in [1.82, 2.24) is 0 Å². The summed E-state index contributed by atoms with van der Waals surface area (Å²) in [5.41, 5.74) is 0. The molecule has 16 heavy (non-hydrogen) atoms. The van der Waals surface area contributed by atoms with Crippen LogP contribution >= 0.6 is 0 Å². The smallest absolute Gasteiger partial charge is 0.0353 e. The average Bonchev–Trinajstić information content (AvgIpc) is 2.31. The Labute approximate surface area is 102 Å². The second-order valence-corrected chi connectivity index (χ2v) is 3.72. The Balaban J connectivity index is 0. The van der Waals surface area contributed by atoms with Crippen LogP contribution in [0.5, 0.6) is 0 Å². The van der Waals surface area contributed by atoms with Crippen molar-refractivity contribution in [1.29, 1.82) is 0 Å². The fourth-order valence-electron chi connectivity index (χ4n) is 1.15. The van der Waals surface area contributed by atoms with Crippen molar-refractivity contribution in [3.8, 4) is 0 Å². The van der Waals surface area contributed by atoms with Crippen molar-refractivity contribution in [2.45, 2.75) is 51.4 Å². The van der Waals surface area contributed by atoms with Crippen molar-refractivity contribution in [3.63, 3.8) is 0 Å². The lowest BCUT2D eigenvalue weighted by atomic mass is 10.2. The molecule has 0 aromatic heterocycles. The summed E-state index contributed by atoms with van der Waals surface area (Å²) in [5, 5.41) is 0. The number of allylic oxidation sites excluding steroid dienone is 4. The van der Waals surface area contributed by atoms with Crippen LogP contribution in [0.15, 0.2) is 50.6 Å². The van der Waals surface area contributed by atoms with Crippen LogP contribution < -0.4 is 0 Å². The highest BCUT2D eigenvalue weighted by Gasteiger charge is 1.79. The van der Waals surface area contributed by atoms with Crippen molar-refractivity contribution in [2.24, 2.45) is 0 Å². The molecule has 0 radical (unpaired) electrons. The van der Waals surface area contributed by atoms with Crippen LogP contribution in [-0.2, 0) is 0 Å². The summed E-state index contributed by atoms with van der Waals surface area (Å²) in [7, 11) is 0. The van der Waals surface area contributed by atoms with E-state index < -0.39 is 0 Å². The molecule has 0 rings (SSSR count). The van der Waals surface area contributed by atoms with E-state index in [1.807, 2.05) is 24.3 Å². The molecular weight excluding hydrogens is 192 g/mol. The molecule has 0 saturated heterocycles. The lowest BCUT2D eigenvalue weighted by Crippen LogP contribution is -1.69. The maximum atomic E-state index is 3.63. The molecular formula is C16H28. The van der Waals surface area contributed by atoms with E-state index in [1.54, 1.807) is 0 Å². The molecule has 0 heterocycles. The summed E-state index contributed by atoms with van der Waals surface area (Å²) >= 11 is 0. The quantitative estimate of drug-likeness (QED) is 0.320. The van der Waals surface area contributed by atoms with Gasteiger partial charge in [0.2, 0.25) is 0 Å². The first-order valence-electron chi connectivity index (χ1n) is 6.27. The lowest BCUT2D eigenvalue weighted by molar-refractivity contribution is 0.764. The molecule has 0 aromatic carbocycles. The summed E-state index contributed by atoms with van der Waals surface area (Å²) in [4.78, 5) is 0. The third kappa shape index (κ3) is 23.1. The Bertz CT molecular complexity index is 125. The van der Waals surface area contributed by atoms with Crippen LogP contribution in [0.3, 0.4) is 0 Å². The third-order valence-electron chi connectivity index (χ3n) is 2.13. The highest BCUT2D eigenvalue weighted by molar-refractivity contribution is 4.70. The molecule has 0 aliphatic rings. The van der Waals surface area contributed by atoms with E-state index in [9.17, 15) is 0 Å². The summed E-state index contributed by atoms with van der Waals surface area (Å²) in [6, 6.07) is 0. The fourth-order valence-corrected chi connectivity index (χ4v) is 1.15. The molecule has 0 spiro atoms. The van der Waals surface area contributed by atoms with E-state index in [1.165, 1.54) is 25.7 Å². The van der Waals surface area contributed by atoms with Gasteiger partial charge in [-0.3, -0.25) is 0 Å². The van der Waals surface area contributed by atoms with Crippen LogP contribution in [0.1, 0.15) is 51.4 Å². The molecule has 0 nitrogen and oxygen atoms in total. The predicted octanol–water partition coefficient (Wildman–Crippen LogP) is 5.84. The molecule has 92 valence electrons. The molecule has 0 fully saturated rings. The SMILES string of the molecule is C=CCCCCC=C.C=CCCCCC=C. The Morgan fingerprint density at radius 1 is 0.438 bits per heavy atom. The molecule has 0 unspecified atom stereocenters. The largest absolute Gasteiger partial charge is 0.103 e. The van der Waals surface area contributed by atoms with E-state index >= 15 is 0 Å². The zero-order valence-electron chi connectivity index (χ0n) is 10.8. The van der Waals surface area contributed by atoms with Crippen molar-refractivity contribution in [3.05, 3.63) is 50.6 Å². The molecule has 0 saturated carbocycles. The van der Waals surface area contributed by atoms with Gasteiger partial charge in [0.15, 0.2) is 0 Å². The topological polar surface area (TPSA) is 0 Å². The van der Waals surface area contributed by atoms with Gasteiger partial charge >= 0.3 is 0 Å². The summed E-state index contributed by atoms with van der Waals surface area (Å²) in [6.07, 6.45) is 17.5. The monoisotopic (exact) mass is 220 g/mol. The van der Waals surface area contributed by atoms with Gasteiger partial charge < -0.3 is 0 Å². The molecule has 0 aliphatic heterocycles. The lowest BCUT2D eigenvalue weighted by Gasteiger charge is -1.89. The average molecular weight is 220 g/mol. The van der Waals surface area contributed by atoms with Gasteiger partial charge in [-0.1, -0.05) is 24.3 Å². The second-order valence-electron chi connectivity index (χ2n) is 3.72. The zero-order chi connectivity index (χ0) is 12.5. The standard InChI is InChI=1S/2C8H14/c2*1-3-5-7-8-6-4-2/h2*3-4H,1-2,5-8H2. The summed E-state index contributed by atoms with van der Waals surface area (Å²) in [6.45, 7) is 14.5. The Morgan fingerprint density at radius 3 is 0.750 bits per heavy atom. The number of hydrogen-bond acceptors (Lipinski definition) is 0. The van der Waals surface area contributed by atoms with Crippen LogP contribution in [0, 0.1) is 0 Å².